The van der Waals surface area contributed by atoms with E-state index in [4.69, 9.17) is 17.2 Å². The van der Waals surface area contributed by atoms with Crippen LogP contribution in [0.4, 0.5) is 18.9 Å². The van der Waals surface area contributed by atoms with Crippen molar-refractivity contribution >= 4 is 28.7 Å². The van der Waals surface area contributed by atoms with Crippen LogP contribution in [0.2, 0.25) is 0 Å². The van der Waals surface area contributed by atoms with Crippen LogP contribution >= 0.6 is 12.2 Å². The summed E-state index contributed by atoms with van der Waals surface area (Å²) >= 11 is 6.14. The molecule has 7 heteroatoms. The topological polar surface area (TPSA) is 18.8 Å². The monoisotopic (exact) mass is 465 g/mol. The molecule has 1 aromatic carbocycles. The van der Waals surface area contributed by atoms with Gasteiger partial charge in [0.05, 0.1) is 22.1 Å². The summed E-state index contributed by atoms with van der Waals surface area (Å²) in [6.45, 7) is 8.13. The van der Waals surface area contributed by atoms with Crippen molar-refractivity contribution in [3.63, 3.8) is 0 Å². The summed E-state index contributed by atoms with van der Waals surface area (Å²) in [5.74, 6) is 0.839. The summed E-state index contributed by atoms with van der Waals surface area (Å²) in [5, 5.41) is 0. The molecule has 0 bridgehead atoms. The van der Waals surface area contributed by atoms with Gasteiger partial charge in [0.1, 0.15) is 5.84 Å². The third-order valence-corrected chi connectivity index (χ3v) is 7.60. The first-order valence-corrected chi connectivity index (χ1v) is 12.3. The molecular formula is C25H34F3N3S. The van der Waals surface area contributed by atoms with Gasteiger partial charge in [0, 0.05) is 11.1 Å². The van der Waals surface area contributed by atoms with Gasteiger partial charge in [-0.05, 0) is 77.7 Å². The number of amidine groups is 1. The zero-order valence-corrected chi connectivity index (χ0v) is 20.2. The minimum Gasteiger partial charge on any atom is -0.293 e. The molecule has 3 nitrogen and oxygen atoms in total. The van der Waals surface area contributed by atoms with Crippen molar-refractivity contribution in [2.24, 2.45) is 10.4 Å². The van der Waals surface area contributed by atoms with Crippen LogP contribution in [0.15, 0.2) is 29.3 Å². The van der Waals surface area contributed by atoms with Crippen molar-refractivity contribution in [1.82, 2.24) is 4.90 Å². The lowest BCUT2D eigenvalue weighted by atomic mass is 9.69. The van der Waals surface area contributed by atoms with Gasteiger partial charge < -0.3 is 0 Å². The van der Waals surface area contributed by atoms with Crippen molar-refractivity contribution < 1.29 is 13.2 Å². The fraction of sp³-hybridized carbons (Fsp3) is 0.680. The highest BCUT2D eigenvalue weighted by Crippen LogP contribution is 2.51. The Morgan fingerprint density at radius 3 is 2.19 bits per heavy atom. The standard InChI is InChI=1S/C25H34F3N3S/c1-23(2,3)29-21-20(30-15-8-5-9-16-30)24(13-6-4-7-14-24)22(32)31(21)19-12-10-11-18(17-19)25(26,27)28/h10-12,17,20H,4-9,13-16H2,1-3H3/t20-/m0/s1. The summed E-state index contributed by atoms with van der Waals surface area (Å²) in [6.07, 6.45) is 4.46. The molecule has 1 aromatic rings. The lowest BCUT2D eigenvalue weighted by Crippen LogP contribution is -2.53. The number of hydrogen-bond acceptors (Lipinski definition) is 3. The molecule has 3 fully saturated rings. The number of piperidine rings is 1. The molecule has 3 aliphatic rings. The molecule has 2 saturated heterocycles. The van der Waals surface area contributed by atoms with Crippen LogP contribution in [-0.2, 0) is 6.18 Å². The number of alkyl halides is 3. The van der Waals surface area contributed by atoms with Gasteiger partial charge in [-0.3, -0.25) is 14.8 Å². The Hall–Kier alpha value is -1.47. The van der Waals surface area contributed by atoms with E-state index in [0.29, 0.717) is 5.69 Å². The Kier molecular flexibility index (Phi) is 6.45. The fourth-order valence-electron chi connectivity index (χ4n) is 5.70. The van der Waals surface area contributed by atoms with Gasteiger partial charge in [-0.1, -0.05) is 44.0 Å². The van der Waals surface area contributed by atoms with E-state index >= 15 is 0 Å². The molecule has 0 amide bonds. The first-order chi connectivity index (χ1) is 15.0. The second-order valence-corrected chi connectivity index (χ2v) is 10.9. The highest BCUT2D eigenvalue weighted by molar-refractivity contribution is 7.80. The maximum atomic E-state index is 13.5. The molecular weight excluding hydrogens is 431 g/mol. The molecule has 2 aliphatic heterocycles. The van der Waals surface area contributed by atoms with E-state index in [2.05, 4.69) is 4.90 Å². The number of thiocarbonyl (C=S) groups is 1. The predicted molar refractivity (Wildman–Crippen MR) is 128 cm³/mol. The van der Waals surface area contributed by atoms with E-state index < -0.39 is 11.7 Å². The van der Waals surface area contributed by atoms with E-state index in [1.165, 1.54) is 25.0 Å². The van der Waals surface area contributed by atoms with E-state index in [1.54, 1.807) is 6.07 Å². The minimum atomic E-state index is -4.40. The average Bonchev–Trinajstić information content (AvgIpc) is 2.94. The molecule has 1 aliphatic carbocycles. The van der Waals surface area contributed by atoms with Crippen molar-refractivity contribution in [1.29, 1.82) is 0 Å². The largest absolute Gasteiger partial charge is 0.416 e. The van der Waals surface area contributed by atoms with Crippen LogP contribution in [0, 0.1) is 5.41 Å². The molecule has 0 aromatic heterocycles. The summed E-state index contributed by atoms with van der Waals surface area (Å²) in [5.41, 5.74) is -0.758. The summed E-state index contributed by atoms with van der Waals surface area (Å²) in [4.78, 5) is 10.3. The Bertz CT molecular complexity index is 875. The van der Waals surface area contributed by atoms with Crippen molar-refractivity contribution in [3.05, 3.63) is 29.8 Å². The number of rotatable bonds is 2. The number of benzene rings is 1. The number of aliphatic imine (C=N–C) groups is 1. The van der Waals surface area contributed by atoms with E-state index in [1.807, 2.05) is 25.7 Å². The van der Waals surface area contributed by atoms with Gasteiger partial charge in [0.25, 0.3) is 0 Å². The third-order valence-electron chi connectivity index (χ3n) is 7.01. The van der Waals surface area contributed by atoms with E-state index in [9.17, 15) is 13.2 Å². The lowest BCUT2D eigenvalue weighted by molar-refractivity contribution is -0.137. The summed E-state index contributed by atoms with van der Waals surface area (Å²) in [7, 11) is 0. The minimum absolute atomic E-state index is 0.0318. The van der Waals surface area contributed by atoms with Gasteiger partial charge in [-0.25, -0.2) is 0 Å². The SMILES string of the molecule is CC(C)(C)N=C1[C@H](N2CCCCC2)C2(CCCCC2)C(=S)N1c1cccc(C(F)(F)F)c1. The third kappa shape index (κ3) is 4.47. The van der Waals surface area contributed by atoms with Crippen LogP contribution < -0.4 is 4.90 Å². The van der Waals surface area contributed by atoms with Crippen LogP contribution in [0.1, 0.15) is 77.7 Å². The number of hydrogen-bond donors (Lipinski definition) is 0. The maximum Gasteiger partial charge on any atom is 0.416 e. The van der Waals surface area contributed by atoms with Gasteiger partial charge in [0.15, 0.2) is 0 Å². The predicted octanol–water partition coefficient (Wildman–Crippen LogP) is 6.85. The second kappa shape index (κ2) is 8.71. The molecule has 176 valence electrons. The molecule has 2 heterocycles. The van der Waals surface area contributed by atoms with Crippen LogP contribution in [-0.4, -0.2) is 40.4 Å². The first-order valence-electron chi connectivity index (χ1n) is 11.9. The van der Waals surface area contributed by atoms with Gasteiger partial charge in [-0.15, -0.1) is 0 Å². The molecule has 1 atom stereocenters. The molecule has 32 heavy (non-hydrogen) atoms. The molecule has 0 unspecified atom stereocenters. The summed E-state index contributed by atoms with van der Waals surface area (Å²) < 4.78 is 40.6. The number of anilines is 1. The molecule has 1 saturated carbocycles. The second-order valence-electron chi connectivity index (χ2n) is 10.5. The normalized spacial score (nSPS) is 26.3. The lowest BCUT2D eigenvalue weighted by Gasteiger charge is -2.44. The molecule has 4 rings (SSSR count). The smallest absolute Gasteiger partial charge is 0.293 e. The number of halogens is 3. The highest BCUT2D eigenvalue weighted by atomic mass is 32.1. The fourth-order valence-corrected chi connectivity index (χ4v) is 6.21. The zero-order valence-electron chi connectivity index (χ0n) is 19.3. The number of likely N-dealkylation sites (tertiary alicyclic amines) is 1. The highest BCUT2D eigenvalue weighted by Gasteiger charge is 2.57. The number of nitrogens with zero attached hydrogens (tertiary/aromatic N) is 3. The average molecular weight is 466 g/mol. The Morgan fingerprint density at radius 2 is 1.59 bits per heavy atom. The molecule has 0 radical (unpaired) electrons. The Balaban J connectivity index is 1.88. The maximum absolute atomic E-state index is 13.5. The van der Waals surface area contributed by atoms with Crippen molar-refractivity contribution in [2.45, 2.75) is 89.9 Å². The van der Waals surface area contributed by atoms with Crippen LogP contribution in [0.3, 0.4) is 0 Å². The quantitative estimate of drug-likeness (QED) is 0.445. The zero-order chi connectivity index (χ0) is 23.1. The van der Waals surface area contributed by atoms with E-state index in [0.717, 1.165) is 68.5 Å². The van der Waals surface area contributed by atoms with Crippen LogP contribution in [0.25, 0.3) is 0 Å². The van der Waals surface area contributed by atoms with E-state index in [-0.39, 0.29) is 17.0 Å². The first kappa shape index (κ1) is 23.7. The van der Waals surface area contributed by atoms with Gasteiger partial charge >= 0.3 is 6.18 Å². The van der Waals surface area contributed by atoms with Gasteiger partial charge in [0.2, 0.25) is 0 Å². The molecule has 1 spiro atoms. The Morgan fingerprint density at radius 1 is 0.969 bits per heavy atom. The van der Waals surface area contributed by atoms with Gasteiger partial charge in [-0.2, -0.15) is 13.2 Å². The Labute approximate surface area is 195 Å². The van der Waals surface area contributed by atoms with Crippen LogP contribution in [0.5, 0.6) is 0 Å². The van der Waals surface area contributed by atoms with Crippen molar-refractivity contribution in [2.75, 3.05) is 18.0 Å². The molecule has 0 N–H and O–H groups in total. The van der Waals surface area contributed by atoms with Crippen molar-refractivity contribution in [3.8, 4) is 0 Å². The summed E-state index contributed by atoms with van der Waals surface area (Å²) in [6, 6.07) is 5.62.